The number of pyridine rings is 1. The van der Waals surface area contributed by atoms with Gasteiger partial charge in [0.1, 0.15) is 16.6 Å². The van der Waals surface area contributed by atoms with Crippen molar-refractivity contribution in [3.05, 3.63) is 71.4 Å². The van der Waals surface area contributed by atoms with Gasteiger partial charge in [-0.1, -0.05) is 36.0 Å². The maximum atomic E-state index is 4.65. The van der Waals surface area contributed by atoms with Gasteiger partial charge in [0.15, 0.2) is 5.16 Å². The highest BCUT2D eigenvalue weighted by molar-refractivity contribution is 9.10. The standard InChI is InChI=1S/C16H12BrN5S.BrH/c17-15-13(19-14-8-4-5-9-21(14)15)10-23-16-20-18-11-22(16)12-6-2-1-3-7-12;/h1-9,11H,10H2;1H. The number of aromatic nitrogens is 5. The molecule has 0 atom stereocenters. The van der Waals surface area contributed by atoms with Crippen molar-refractivity contribution in [2.24, 2.45) is 0 Å². The van der Waals surface area contributed by atoms with E-state index < -0.39 is 0 Å². The van der Waals surface area contributed by atoms with Crippen LogP contribution in [0.5, 0.6) is 0 Å². The number of fused-ring (bicyclic) bond motifs is 1. The fraction of sp³-hybridized carbons (Fsp3) is 0.0625. The van der Waals surface area contributed by atoms with Crippen molar-refractivity contribution < 1.29 is 0 Å². The lowest BCUT2D eigenvalue weighted by Crippen LogP contribution is -1.95. The summed E-state index contributed by atoms with van der Waals surface area (Å²) in [5.74, 6) is 0.716. The van der Waals surface area contributed by atoms with E-state index in [4.69, 9.17) is 0 Å². The Labute approximate surface area is 162 Å². The summed E-state index contributed by atoms with van der Waals surface area (Å²) in [5.41, 5.74) is 2.97. The molecule has 24 heavy (non-hydrogen) atoms. The van der Waals surface area contributed by atoms with Crippen LogP contribution in [0.25, 0.3) is 11.3 Å². The molecule has 0 aliphatic heterocycles. The topological polar surface area (TPSA) is 48.0 Å². The van der Waals surface area contributed by atoms with Gasteiger partial charge in [0.25, 0.3) is 0 Å². The van der Waals surface area contributed by atoms with Crippen LogP contribution in [0.3, 0.4) is 0 Å². The fourth-order valence-corrected chi connectivity index (χ4v) is 3.91. The Morgan fingerprint density at radius 2 is 1.83 bits per heavy atom. The fourth-order valence-electron chi connectivity index (χ4n) is 2.33. The zero-order chi connectivity index (χ0) is 15.6. The number of benzene rings is 1. The van der Waals surface area contributed by atoms with Gasteiger partial charge < -0.3 is 0 Å². The predicted octanol–water partition coefficient (Wildman–Crippen LogP) is 4.55. The first-order valence-electron chi connectivity index (χ1n) is 7.02. The average molecular weight is 467 g/mol. The van der Waals surface area contributed by atoms with Crippen molar-refractivity contribution in [3.63, 3.8) is 0 Å². The van der Waals surface area contributed by atoms with Crippen LogP contribution in [-0.4, -0.2) is 24.1 Å². The van der Waals surface area contributed by atoms with Crippen LogP contribution >= 0.6 is 44.7 Å². The number of nitrogens with zero attached hydrogens (tertiary/aromatic N) is 5. The quantitative estimate of drug-likeness (QED) is 0.414. The van der Waals surface area contributed by atoms with Crippen molar-refractivity contribution in [2.45, 2.75) is 10.9 Å². The van der Waals surface area contributed by atoms with Crippen LogP contribution in [0.2, 0.25) is 0 Å². The normalized spacial score (nSPS) is 10.7. The maximum absolute atomic E-state index is 4.65. The summed E-state index contributed by atoms with van der Waals surface area (Å²) in [4.78, 5) is 4.65. The smallest absolute Gasteiger partial charge is 0.195 e. The molecule has 0 aliphatic carbocycles. The number of imidazole rings is 1. The SMILES string of the molecule is Br.Brc1c(CSc2nncn2-c2ccccc2)nc2ccccn12. The molecule has 0 amide bonds. The van der Waals surface area contributed by atoms with E-state index >= 15 is 0 Å². The Morgan fingerprint density at radius 3 is 2.62 bits per heavy atom. The lowest BCUT2D eigenvalue weighted by atomic mass is 10.3. The van der Waals surface area contributed by atoms with Crippen molar-refractivity contribution in [2.75, 3.05) is 0 Å². The van der Waals surface area contributed by atoms with Crippen LogP contribution in [0.15, 0.2) is 70.8 Å². The number of hydrogen-bond donors (Lipinski definition) is 0. The van der Waals surface area contributed by atoms with Gasteiger partial charge in [-0.3, -0.25) is 8.97 Å². The number of rotatable bonds is 4. The molecule has 0 saturated heterocycles. The maximum Gasteiger partial charge on any atom is 0.195 e. The van der Waals surface area contributed by atoms with Gasteiger partial charge in [-0.25, -0.2) is 4.98 Å². The summed E-state index contributed by atoms with van der Waals surface area (Å²) in [6.45, 7) is 0. The monoisotopic (exact) mass is 465 g/mol. The van der Waals surface area contributed by atoms with Crippen molar-refractivity contribution >= 4 is 50.3 Å². The van der Waals surface area contributed by atoms with Crippen LogP contribution in [0, 0.1) is 0 Å². The van der Waals surface area contributed by atoms with Crippen molar-refractivity contribution in [3.8, 4) is 5.69 Å². The van der Waals surface area contributed by atoms with Gasteiger partial charge >= 0.3 is 0 Å². The van der Waals surface area contributed by atoms with E-state index in [0.717, 1.165) is 26.8 Å². The third-order valence-electron chi connectivity index (χ3n) is 3.43. The molecule has 8 heteroatoms. The first-order chi connectivity index (χ1) is 11.3. The van der Waals surface area contributed by atoms with E-state index in [1.165, 1.54) is 0 Å². The Bertz CT molecular complexity index is 951. The van der Waals surface area contributed by atoms with E-state index in [0.29, 0.717) is 5.75 Å². The summed E-state index contributed by atoms with van der Waals surface area (Å²) >= 11 is 5.24. The third-order valence-corrected chi connectivity index (χ3v) is 5.22. The minimum Gasteiger partial charge on any atom is -0.294 e. The average Bonchev–Trinajstić information content (AvgIpc) is 3.19. The van der Waals surface area contributed by atoms with E-state index in [1.54, 1.807) is 18.1 Å². The first kappa shape index (κ1) is 17.2. The van der Waals surface area contributed by atoms with Crippen LogP contribution in [0.4, 0.5) is 0 Å². The van der Waals surface area contributed by atoms with E-state index in [2.05, 4.69) is 31.1 Å². The molecule has 3 aromatic heterocycles. The number of para-hydroxylation sites is 1. The molecule has 0 bridgehead atoms. The number of halogens is 2. The van der Waals surface area contributed by atoms with Gasteiger partial charge in [-0.15, -0.1) is 27.2 Å². The van der Waals surface area contributed by atoms with Crippen LogP contribution in [-0.2, 0) is 5.75 Å². The third kappa shape index (κ3) is 3.26. The molecule has 1 aromatic carbocycles. The first-order valence-corrected chi connectivity index (χ1v) is 8.80. The lowest BCUT2D eigenvalue weighted by molar-refractivity contribution is 0.883. The molecule has 0 spiro atoms. The lowest BCUT2D eigenvalue weighted by Gasteiger charge is -2.05. The highest BCUT2D eigenvalue weighted by Gasteiger charge is 2.12. The second kappa shape index (κ2) is 7.50. The second-order valence-electron chi connectivity index (χ2n) is 4.89. The Hall–Kier alpha value is -1.64. The molecule has 0 radical (unpaired) electrons. The summed E-state index contributed by atoms with van der Waals surface area (Å²) in [7, 11) is 0. The Balaban J connectivity index is 0.00000169. The second-order valence-corrected chi connectivity index (χ2v) is 6.58. The molecular formula is C16H13Br2N5S. The molecule has 0 unspecified atom stereocenters. The molecule has 4 aromatic rings. The zero-order valence-corrected chi connectivity index (χ0v) is 16.5. The van der Waals surface area contributed by atoms with Crippen LogP contribution in [0.1, 0.15) is 5.69 Å². The molecule has 0 fully saturated rings. The minimum absolute atomic E-state index is 0. The molecule has 0 saturated carbocycles. The molecule has 3 heterocycles. The van der Waals surface area contributed by atoms with Gasteiger partial charge in [-0.2, -0.15) is 0 Å². The van der Waals surface area contributed by atoms with E-state index in [-0.39, 0.29) is 17.0 Å². The van der Waals surface area contributed by atoms with Gasteiger partial charge in [0.05, 0.1) is 5.69 Å². The highest BCUT2D eigenvalue weighted by atomic mass is 79.9. The largest absolute Gasteiger partial charge is 0.294 e. The van der Waals surface area contributed by atoms with Gasteiger partial charge in [0.2, 0.25) is 0 Å². The molecule has 0 N–H and O–H groups in total. The Kier molecular flexibility index (Phi) is 5.37. The summed E-state index contributed by atoms with van der Waals surface area (Å²) < 4.78 is 4.98. The minimum atomic E-state index is 0. The van der Waals surface area contributed by atoms with E-state index in [9.17, 15) is 0 Å². The molecule has 0 aliphatic rings. The van der Waals surface area contributed by atoms with Crippen molar-refractivity contribution in [1.82, 2.24) is 24.1 Å². The van der Waals surface area contributed by atoms with Crippen molar-refractivity contribution in [1.29, 1.82) is 0 Å². The zero-order valence-electron chi connectivity index (χ0n) is 12.4. The summed E-state index contributed by atoms with van der Waals surface area (Å²) in [6, 6.07) is 16.0. The summed E-state index contributed by atoms with van der Waals surface area (Å²) in [5, 5.41) is 9.10. The predicted molar refractivity (Wildman–Crippen MR) is 104 cm³/mol. The van der Waals surface area contributed by atoms with Gasteiger partial charge in [-0.05, 0) is 40.2 Å². The summed E-state index contributed by atoms with van der Waals surface area (Å²) in [6.07, 6.45) is 3.73. The number of thioether (sulfide) groups is 1. The molecule has 4 rings (SSSR count). The van der Waals surface area contributed by atoms with Gasteiger partial charge in [0, 0.05) is 17.6 Å². The Morgan fingerprint density at radius 1 is 1.04 bits per heavy atom. The van der Waals surface area contributed by atoms with Crippen LogP contribution < -0.4 is 0 Å². The molecule has 122 valence electrons. The highest BCUT2D eigenvalue weighted by Crippen LogP contribution is 2.27. The molecule has 5 nitrogen and oxygen atoms in total. The van der Waals surface area contributed by atoms with E-state index in [1.807, 2.05) is 63.7 Å². The molecular weight excluding hydrogens is 454 g/mol. The number of hydrogen-bond acceptors (Lipinski definition) is 4.